The maximum absolute atomic E-state index is 12.9. The first-order valence-corrected chi connectivity index (χ1v) is 6.72. The minimum Gasteiger partial charge on any atom is -0.385 e. The molecule has 1 aromatic rings. The third-order valence-corrected chi connectivity index (χ3v) is 3.40. The lowest BCUT2D eigenvalue weighted by atomic mass is 10.2. The molecule has 0 fully saturated rings. The van der Waals surface area contributed by atoms with Gasteiger partial charge in [-0.1, -0.05) is 0 Å². The third kappa shape index (κ3) is 4.55. The number of ether oxygens (including phenoxy) is 1. The van der Waals surface area contributed by atoms with E-state index in [1.165, 1.54) is 18.2 Å². The van der Waals surface area contributed by atoms with E-state index in [-0.39, 0.29) is 11.9 Å². The number of benzene rings is 1. The molecule has 0 saturated heterocycles. The van der Waals surface area contributed by atoms with Crippen LogP contribution < -0.4 is 5.32 Å². The number of carbonyl (C=O) groups excluding carboxylic acids is 1. The molecule has 6 heteroatoms. The molecule has 0 radical (unpaired) electrons. The Bertz CT molecular complexity index is 417. The average Bonchev–Trinajstić information content (AvgIpc) is 2.34. The Balaban J connectivity index is 2.68. The lowest BCUT2D eigenvalue weighted by Crippen LogP contribution is -2.37. The fraction of sp³-hybridized carbons (Fsp3) is 0.417. The van der Waals surface area contributed by atoms with E-state index in [0.29, 0.717) is 28.9 Å². The Morgan fingerprint density at radius 1 is 1.61 bits per heavy atom. The van der Waals surface area contributed by atoms with E-state index in [0.717, 1.165) is 0 Å². The summed E-state index contributed by atoms with van der Waals surface area (Å²) in [7, 11) is 1.59. The van der Waals surface area contributed by atoms with Crippen LogP contribution in [0, 0.1) is 5.82 Å². The number of alkyl halides is 1. The molecule has 100 valence electrons. The summed E-state index contributed by atoms with van der Waals surface area (Å²) < 4.78 is 18.3. The molecule has 0 aliphatic carbocycles. The fourth-order valence-electron chi connectivity index (χ4n) is 1.38. The van der Waals surface area contributed by atoms with Crippen molar-refractivity contribution in [1.29, 1.82) is 0 Å². The number of halogens is 3. The predicted octanol–water partition coefficient (Wildman–Crippen LogP) is 2.96. The summed E-state index contributed by atoms with van der Waals surface area (Å²) in [5.41, 5.74) is 0.379. The van der Waals surface area contributed by atoms with Gasteiger partial charge in [-0.05, 0) is 40.5 Å². The highest BCUT2D eigenvalue weighted by atomic mass is 79.9. The van der Waals surface area contributed by atoms with Crippen molar-refractivity contribution >= 4 is 33.4 Å². The van der Waals surface area contributed by atoms with E-state index in [1.54, 1.807) is 7.11 Å². The van der Waals surface area contributed by atoms with Crippen LogP contribution in [0.1, 0.15) is 16.8 Å². The molecule has 3 nitrogen and oxygen atoms in total. The number of carbonyl (C=O) groups is 1. The van der Waals surface area contributed by atoms with Gasteiger partial charge in [-0.2, -0.15) is 0 Å². The number of rotatable bonds is 6. The van der Waals surface area contributed by atoms with E-state index in [9.17, 15) is 9.18 Å². The van der Waals surface area contributed by atoms with Crippen LogP contribution in [0.3, 0.4) is 0 Å². The van der Waals surface area contributed by atoms with Gasteiger partial charge in [-0.25, -0.2) is 4.39 Å². The quantitative estimate of drug-likeness (QED) is 0.810. The van der Waals surface area contributed by atoms with Crippen LogP contribution in [-0.2, 0) is 4.74 Å². The number of hydrogen-bond acceptors (Lipinski definition) is 2. The van der Waals surface area contributed by atoms with E-state index in [1.807, 2.05) is 0 Å². The van der Waals surface area contributed by atoms with Crippen molar-refractivity contribution in [3.63, 3.8) is 0 Å². The molecule has 0 bridgehead atoms. The van der Waals surface area contributed by atoms with Gasteiger partial charge in [0.25, 0.3) is 5.91 Å². The molecule has 0 aliphatic rings. The van der Waals surface area contributed by atoms with E-state index >= 15 is 0 Å². The molecule has 0 aromatic heterocycles. The number of amides is 1. The molecule has 1 aromatic carbocycles. The zero-order valence-electron chi connectivity index (χ0n) is 9.88. The second-order valence-electron chi connectivity index (χ2n) is 3.73. The summed E-state index contributed by atoms with van der Waals surface area (Å²) in [6.45, 7) is 0.516. The molecule has 1 atom stereocenters. The highest BCUT2D eigenvalue weighted by molar-refractivity contribution is 9.10. The zero-order valence-corrected chi connectivity index (χ0v) is 12.2. The van der Waals surface area contributed by atoms with Gasteiger partial charge in [0.15, 0.2) is 0 Å². The minimum atomic E-state index is -0.397. The van der Waals surface area contributed by atoms with Gasteiger partial charge in [0.05, 0.1) is 5.56 Å². The SMILES string of the molecule is COCCC(CCl)NC(=O)c1ccc(F)cc1Br. The minimum absolute atomic E-state index is 0.170. The van der Waals surface area contributed by atoms with Gasteiger partial charge in [0.2, 0.25) is 0 Å². The standard InChI is InChI=1S/C12H14BrClFNO2/c1-18-5-4-9(7-14)16-12(17)10-3-2-8(15)6-11(10)13/h2-3,6,9H,4-5,7H2,1H3,(H,16,17). The molecule has 18 heavy (non-hydrogen) atoms. The van der Waals surface area contributed by atoms with Crippen LogP contribution in [0.4, 0.5) is 4.39 Å². The van der Waals surface area contributed by atoms with Gasteiger partial charge in [0.1, 0.15) is 5.82 Å². The zero-order chi connectivity index (χ0) is 13.5. The van der Waals surface area contributed by atoms with Crippen molar-refractivity contribution in [2.45, 2.75) is 12.5 Å². The molecular weight excluding hydrogens is 324 g/mol. The first-order chi connectivity index (χ1) is 8.58. The van der Waals surface area contributed by atoms with Crippen LogP contribution in [0.15, 0.2) is 22.7 Å². The Labute approximate surface area is 119 Å². The Morgan fingerprint density at radius 2 is 2.33 bits per heavy atom. The lowest BCUT2D eigenvalue weighted by molar-refractivity contribution is 0.0929. The second-order valence-corrected chi connectivity index (χ2v) is 4.89. The Kier molecular flexibility index (Phi) is 6.60. The maximum Gasteiger partial charge on any atom is 0.252 e. The Hall–Kier alpha value is -0.650. The monoisotopic (exact) mass is 337 g/mol. The molecular formula is C12H14BrClFNO2. The van der Waals surface area contributed by atoms with Crippen molar-refractivity contribution in [3.8, 4) is 0 Å². The Morgan fingerprint density at radius 3 is 2.89 bits per heavy atom. The van der Waals surface area contributed by atoms with Gasteiger partial charge >= 0.3 is 0 Å². The van der Waals surface area contributed by atoms with Crippen molar-refractivity contribution in [1.82, 2.24) is 5.32 Å². The van der Waals surface area contributed by atoms with Crippen molar-refractivity contribution < 1.29 is 13.9 Å². The summed E-state index contributed by atoms with van der Waals surface area (Å²) in [5.74, 6) is -0.385. The largest absolute Gasteiger partial charge is 0.385 e. The van der Waals surface area contributed by atoms with E-state index in [4.69, 9.17) is 16.3 Å². The van der Waals surface area contributed by atoms with E-state index in [2.05, 4.69) is 21.2 Å². The summed E-state index contributed by atoms with van der Waals surface area (Å²) in [6.07, 6.45) is 0.630. The molecule has 1 N–H and O–H groups in total. The number of methoxy groups -OCH3 is 1. The highest BCUT2D eigenvalue weighted by Crippen LogP contribution is 2.18. The molecule has 0 heterocycles. The van der Waals surface area contributed by atoms with Crippen LogP contribution in [0.25, 0.3) is 0 Å². The lowest BCUT2D eigenvalue weighted by Gasteiger charge is -2.16. The average molecular weight is 339 g/mol. The van der Waals surface area contributed by atoms with Crippen LogP contribution in [-0.4, -0.2) is 31.5 Å². The highest BCUT2D eigenvalue weighted by Gasteiger charge is 2.15. The van der Waals surface area contributed by atoms with Crippen LogP contribution in [0.2, 0.25) is 0 Å². The third-order valence-electron chi connectivity index (χ3n) is 2.37. The molecule has 1 rings (SSSR count). The summed E-state index contributed by atoms with van der Waals surface area (Å²) in [4.78, 5) is 11.9. The van der Waals surface area contributed by atoms with E-state index < -0.39 is 5.82 Å². The molecule has 1 amide bonds. The smallest absolute Gasteiger partial charge is 0.252 e. The first kappa shape index (κ1) is 15.4. The molecule has 0 saturated carbocycles. The van der Waals surface area contributed by atoms with Crippen LogP contribution in [0.5, 0.6) is 0 Å². The van der Waals surface area contributed by atoms with Gasteiger partial charge < -0.3 is 10.1 Å². The molecule has 1 unspecified atom stereocenters. The predicted molar refractivity (Wildman–Crippen MR) is 72.6 cm³/mol. The maximum atomic E-state index is 12.9. The summed E-state index contributed by atoms with van der Waals surface area (Å²) in [6, 6.07) is 3.75. The second kappa shape index (κ2) is 7.71. The normalized spacial score (nSPS) is 12.2. The van der Waals surface area contributed by atoms with Crippen LogP contribution >= 0.6 is 27.5 Å². The number of hydrogen-bond donors (Lipinski definition) is 1. The summed E-state index contributed by atoms with van der Waals surface area (Å²) >= 11 is 8.91. The van der Waals surface area contributed by atoms with Gasteiger partial charge in [0, 0.05) is 30.1 Å². The van der Waals surface area contributed by atoms with Crippen molar-refractivity contribution in [2.75, 3.05) is 19.6 Å². The van der Waals surface area contributed by atoms with Gasteiger partial charge in [-0.15, -0.1) is 11.6 Å². The fourth-order valence-corrected chi connectivity index (χ4v) is 2.15. The van der Waals surface area contributed by atoms with Crippen molar-refractivity contribution in [3.05, 3.63) is 34.1 Å². The molecule has 0 aliphatic heterocycles. The number of nitrogens with one attached hydrogen (secondary N) is 1. The van der Waals surface area contributed by atoms with Crippen molar-refractivity contribution in [2.24, 2.45) is 0 Å². The van der Waals surface area contributed by atoms with Gasteiger partial charge in [-0.3, -0.25) is 4.79 Å². The topological polar surface area (TPSA) is 38.3 Å². The first-order valence-electron chi connectivity index (χ1n) is 5.39. The molecule has 0 spiro atoms. The summed E-state index contributed by atoms with van der Waals surface area (Å²) in [5, 5.41) is 2.77.